The van der Waals surface area contributed by atoms with Crippen LogP contribution in [0.4, 0.5) is 5.82 Å². The van der Waals surface area contributed by atoms with E-state index in [0.717, 1.165) is 5.56 Å². The van der Waals surface area contributed by atoms with Crippen LogP contribution in [0.15, 0.2) is 30.7 Å². The number of H-pyrrole nitrogens is 1. The highest BCUT2D eigenvalue weighted by Crippen LogP contribution is 2.12. The molecule has 0 bridgehead atoms. The van der Waals surface area contributed by atoms with Gasteiger partial charge in [-0.3, -0.25) is 20.2 Å². The zero-order valence-electron chi connectivity index (χ0n) is 10.5. The number of sulfonamides is 1. The van der Waals surface area contributed by atoms with Gasteiger partial charge in [-0.05, 0) is 24.1 Å². The molecule has 0 amide bonds. The van der Waals surface area contributed by atoms with Crippen LogP contribution < -0.4 is 10.5 Å². The first kappa shape index (κ1) is 14.0. The number of aryl methyl sites for hydroxylation is 1. The van der Waals surface area contributed by atoms with E-state index in [-0.39, 0.29) is 23.0 Å². The molecule has 2 aromatic rings. The van der Waals surface area contributed by atoms with Gasteiger partial charge in [0.05, 0.1) is 17.5 Å². The van der Waals surface area contributed by atoms with E-state index >= 15 is 0 Å². The normalized spacial score (nSPS) is 11.2. The minimum Gasteiger partial charge on any atom is -0.384 e. The third-order valence-corrected chi connectivity index (χ3v) is 3.85. The number of nitrogens with one attached hydrogen (secondary N) is 3. The van der Waals surface area contributed by atoms with E-state index in [1.807, 2.05) is 0 Å². The highest BCUT2D eigenvalue weighted by Gasteiger charge is 2.15. The molecule has 2 rings (SSSR count). The highest BCUT2D eigenvalue weighted by atomic mass is 32.2. The van der Waals surface area contributed by atoms with Crippen molar-refractivity contribution < 1.29 is 8.42 Å². The highest BCUT2D eigenvalue weighted by molar-refractivity contribution is 7.92. The molecule has 0 aromatic carbocycles. The number of nitrogens with two attached hydrogens (primary N) is 1. The van der Waals surface area contributed by atoms with Crippen molar-refractivity contribution in [2.45, 2.75) is 6.42 Å². The fraction of sp³-hybridized carbons (Fsp3) is 0.182. The minimum absolute atomic E-state index is 0.0899. The number of aromatic amines is 1. The van der Waals surface area contributed by atoms with Crippen LogP contribution in [0.2, 0.25) is 0 Å². The van der Waals surface area contributed by atoms with Crippen LogP contribution in [0.3, 0.4) is 0 Å². The predicted molar refractivity (Wildman–Crippen MR) is 75.0 cm³/mol. The summed E-state index contributed by atoms with van der Waals surface area (Å²) in [5, 5.41) is 13.4. The van der Waals surface area contributed by atoms with Crippen molar-refractivity contribution in [3.05, 3.63) is 41.9 Å². The summed E-state index contributed by atoms with van der Waals surface area (Å²) in [7, 11) is -3.55. The van der Waals surface area contributed by atoms with Gasteiger partial charge < -0.3 is 5.73 Å². The predicted octanol–water partition coefficient (Wildman–Crippen LogP) is 0.0732. The molecule has 0 saturated heterocycles. The van der Waals surface area contributed by atoms with Crippen LogP contribution in [0.1, 0.15) is 11.1 Å². The Hall–Kier alpha value is -2.42. The Balaban J connectivity index is 2.04. The van der Waals surface area contributed by atoms with Crippen LogP contribution in [0.5, 0.6) is 0 Å². The van der Waals surface area contributed by atoms with E-state index in [0.29, 0.717) is 6.42 Å². The summed E-state index contributed by atoms with van der Waals surface area (Å²) in [4.78, 5) is 3.87. The maximum absolute atomic E-state index is 12.0. The number of amidine groups is 1. The molecule has 2 heterocycles. The Kier molecular flexibility index (Phi) is 3.99. The van der Waals surface area contributed by atoms with Gasteiger partial charge in [-0.15, -0.1) is 0 Å². The number of rotatable bonds is 6. The Bertz CT molecular complexity index is 695. The number of hydrogen-bond acceptors (Lipinski definition) is 5. The van der Waals surface area contributed by atoms with Gasteiger partial charge in [0, 0.05) is 12.4 Å². The molecule has 5 N–H and O–H groups in total. The number of pyridine rings is 1. The van der Waals surface area contributed by atoms with E-state index in [1.54, 1.807) is 24.5 Å². The van der Waals surface area contributed by atoms with E-state index in [9.17, 15) is 8.42 Å². The lowest BCUT2D eigenvalue weighted by Crippen LogP contribution is -2.21. The molecular weight excluding hydrogens is 280 g/mol. The quantitative estimate of drug-likeness (QED) is 0.441. The Morgan fingerprint density at radius 3 is 2.75 bits per heavy atom. The van der Waals surface area contributed by atoms with Gasteiger partial charge in [-0.1, -0.05) is 0 Å². The topological polar surface area (TPSA) is 138 Å². The molecule has 8 nitrogen and oxygen atoms in total. The Morgan fingerprint density at radius 1 is 1.40 bits per heavy atom. The van der Waals surface area contributed by atoms with Gasteiger partial charge in [0.25, 0.3) is 0 Å². The van der Waals surface area contributed by atoms with Crippen LogP contribution >= 0.6 is 0 Å². The number of nitrogen functional groups attached to an aromatic ring is 1. The van der Waals surface area contributed by atoms with Gasteiger partial charge in [-0.2, -0.15) is 5.10 Å². The second-order valence-electron chi connectivity index (χ2n) is 4.10. The first-order chi connectivity index (χ1) is 9.48. The van der Waals surface area contributed by atoms with Gasteiger partial charge in [-0.25, -0.2) is 8.42 Å². The minimum atomic E-state index is -3.55. The van der Waals surface area contributed by atoms with Gasteiger partial charge >= 0.3 is 0 Å². The maximum atomic E-state index is 12.0. The Morgan fingerprint density at radius 2 is 2.10 bits per heavy atom. The molecule has 0 unspecified atom stereocenters. The van der Waals surface area contributed by atoms with Crippen LogP contribution in [-0.2, 0) is 16.4 Å². The summed E-state index contributed by atoms with van der Waals surface area (Å²) in [6.45, 7) is 0. The molecule has 20 heavy (non-hydrogen) atoms. The van der Waals surface area contributed by atoms with Crippen molar-refractivity contribution in [2.24, 2.45) is 5.73 Å². The largest absolute Gasteiger partial charge is 0.384 e. The van der Waals surface area contributed by atoms with Crippen molar-refractivity contribution in [2.75, 3.05) is 10.5 Å². The average Bonchev–Trinajstić information content (AvgIpc) is 2.85. The Labute approximate surface area is 116 Å². The third-order valence-electron chi connectivity index (χ3n) is 2.60. The van der Waals surface area contributed by atoms with Gasteiger partial charge in [0.1, 0.15) is 11.7 Å². The standard InChI is InChI=1S/C11H14N6O2S/c12-10(13)9-7-15-16-11(9)17-20(18,19)6-3-8-1-4-14-5-2-8/h1-2,4-5,7H,3,6H2,(H3,12,13)(H2,15,16,17). The van der Waals surface area contributed by atoms with E-state index in [4.69, 9.17) is 11.1 Å². The average molecular weight is 294 g/mol. The van der Waals surface area contributed by atoms with Crippen molar-refractivity contribution in [1.29, 1.82) is 5.41 Å². The lowest BCUT2D eigenvalue weighted by Gasteiger charge is -2.07. The van der Waals surface area contributed by atoms with E-state index < -0.39 is 10.0 Å². The van der Waals surface area contributed by atoms with E-state index in [2.05, 4.69) is 19.9 Å². The van der Waals surface area contributed by atoms with Crippen molar-refractivity contribution >= 4 is 21.7 Å². The molecule has 0 fully saturated rings. The number of nitrogens with zero attached hydrogens (tertiary/aromatic N) is 2. The lowest BCUT2D eigenvalue weighted by molar-refractivity contribution is 0.600. The molecule has 0 atom stereocenters. The number of aromatic nitrogens is 3. The summed E-state index contributed by atoms with van der Waals surface area (Å²) in [5.74, 6) is -0.245. The molecule has 9 heteroatoms. The fourth-order valence-electron chi connectivity index (χ4n) is 1.58. The van der Waals surface area contributed by atoms with Gasteiger partial charge in [0.15, 0.2) is 0 Å². The molecule has 0 aliphatic heterocycles. The first-order valence-electron chi connectivity index (χ1n) is 5.75. The smallest absolute Gasteiger partial charge is 0.234 e. The summed E-state index contributed by atoms with van der Waals surface area (Å²) in [6.07, 6.45) is 4.88. The number of anilines is 1. The second kappa shape index (κ2) is 5.70. The van der Waals surface area contributed by atoms with Gasteiger partial charge in [0.2, 0.25) is 10.0 Å². The third kappa shape index (κ3) is 3.54. The molecule has 2 aromatic heterocycles. The molecule has 0 radical (unpaired) electrons. The zero-order valence-corrected chi connectivity index (χ0v) is 11.3. The van der Waals surface area contributed by atoms with Crippen molar-refractivity contribution in [1.82, 2.24) is 15.2 Å². The summed E-state index contributed by atoms with van der Waals surface area (Å²) in [6, 6.07) is 3.51. The molecule has 0 saturated carbocycles. The second-order valence-corrected chi connectivity index (χ2v) is 5.94. The molecule has 106 valence electrons. The van der Waals surface area contributed by atoms with Crippen LogP contribution in [0.25, 0.3) is 0 Å². The molecule has 0 spiro atoms. The van der Waals surface area contributed by atoms with E-state index in [1.165, 1.54) is 6.20 Å². The lowest BCUT2D eigenvalue weighted by atomic mass is 10.2. The summed E-state index contributed by atoms with van der Waals surface area (Å²) >= 11 is 0. The van der Waals surface area contributed by atoms with Crippen LogP contribution in [-0.4, -0.2) is 35.2 Å². The SMILES string of the molecule is N=C(N)c1cn[nH]c1NS(=O)(=O)CCc1ccncc1. The summed E-state index contributed by atoms with van der Waals surface area (Å²) < 4.78 is 26.3. The molecule has 0 aliphatic carbocycles. The number of hydrogen-bond donors (Lipinski definition) is 4. The van der Waals surface area contributed by atoms with Crippen molar-refractivity contribution in [3.8, 4) is 0 Å². The first-order valence-corrected chi connectivity index (χ1v) is 7.40. The van der Waals surface area contributed by atoms with Crippen LogP contribution in [0, 0.1) is 5.41 Å². The zero-order chi connectivity index (χ0) is 14.6. The maximum Gasteiger partial charge on any atom is 0.234 e. The summed E-state index contributed by atoms with van der Waals surface area (Å²) in [5.41, 5.74) is 6.42. The molecule has 0 aliphatic rings. The molecular formula is C11H14N6O2S. The fourth-order valence-corrected chi connectivity index (χ4v) is 2.65. The van der Waals surface area contributed by atoms with Crippen molar-refractivity contribution in [3.63, 3.8) is 0 Å². The monoisotopic (exact) mass is 294 g/mol.